The molecule has 0 bridgehead atoms. The Kier molecular flexibility index (Phi) is 6.74. The fraction of sp³-hybridized carbons (Fsp3) is 0.385. The molecular weight excluding hydrogens is 376 g/mol. The van der Waals surface area contributed by atoms with Gasteiger partial charge in [-0.15, -0.1) is 0 Å². The quantitative estimate of drug-likeness (QED) is 0.579. The molecule has 1 heterocycles. The molecule has 2 aliphatic rings. The number of fused-ring (bicyclic) bond motifs is 1. The summed E-state index contributed by atoms with van der Waals surface area (Å²) in [4.78, 5) is 2.57. The van der Waals surface area contributed by atoms with Crippen LogP contribution in [0, 0.1) is 0 Å². The van der Waals surface area contributed by atoms with E-state index in [2.05, 4.69) is 59.3 Å². The number of benzene rings is 2. The third-order valence-electron chi connectivity index (χ3n) is 6.09. The zero-order chi connectivity index (χ0) is 20.1. The van der Waals surface area contributed by atoms with E-state index in [0.717, 1.165) is 43.1 Å². The van der Waals surface area contributed by atoms with E-state index in [1.165, 1.54) is 60.2 Å². The monoisotopic (exact) mass is 406 g/mol. The van der Waals surface area contributed by atoms with E-state index in [-0.39, 0.29) is 0 Å². The van der Waals surface area contributed by atoms with Gasteiger partial charge in [0.1, 0.15) is 0 Å². The van der Waals surface area contributed by atoms with Gasteiger partial charge in [-0.25, -0.2) is 0 Å². The number of piperidine rings is 1. The van der Waals surface area contributed by atoms with Crippen molar-refractivity contribution in [2.24, 2.45) is 0 Å². The normalized spacial score (nSPS) is 16.8. The Balaban J connectivity index is 1.33. The van der Waals surface area contributed by atoms with Crippen molar-refractivity contribution in [1.29, 1.82) is 0 Å². The SMILES string of the molecule is C=C(NCCC1=CCCc2ccc(Cl)cc21)c1cccc(CN2CCCCC2)c1. The van der Waals surface area contributed by atoms with E-state index < -0.39 is 0 Å². The molecule has 2 aromatic carbocycles. The van der Waals surface area contributed by atoms with Crippen molar-refractivity contribution in [3.8, 4) is 0 Å². The van der Waals surface area contributed by atoms with Crippen LogP contribution in [0.15, 0.2) is 55.1 Å². The van der Waals surface area contributed by atoms with Crippen LogP contribution in [0.4, 0.5) is 0 Å². The van der Waals surface area contributed by atoms with E-state index in [0.29, 0.717) is 0 Å². The van der Waals surface area contributed by atoms with Gasteiger partial charge in [0.05, 0.1) is 0 Å². The van der Waals surface area contributed by atoms with Gasteiger partial charge in [-0.2, -0.15) is 0 Å². The van der Waals surface area contributed by atoms with Crippen LogP contribution in [0.2, 0.25) is 5.02 Å². The van der Waals surface area contributed by atoms with Crippen LogP contribution in [0.1, 0.15) is 54.4 Å². The second-order valence-corrected chi connectivity index (χ2v) is 8.70. The van der Waals surface area contributed by atoms with Gasteiger partial charge >= 0.3 is 0 Å². The van der Waals surface area contributed by atoms with E-state index in [1.54, 1.807) is 0 Å². The lowest BCUT2D eigenvalue weighted by molar-refractivity contribution is 0.221. The third-order valence-corrected chi connectivity index (χ3v) is 6.32. The smallest absolute Gasteiger partial charge is 0.0412 e. The minimum atomic E-state index is 0.819. The summed E-state index contributed by atoms with van der Waals surface area (Å²) in [5, 5.41) is 4.36. The van der Waals surface area contributed by atoms with E-state index in [1.807, 2.05) is 6.07 Å². The zero-order valence-electron chi connectivity index (χ0n) is 17.2. The number of aryl methyl sites for hydroxylation is 1. The van der Waals surface area contributed by atoms with Crippen LogP contribution in [-0.4, -0.2) is 24.5 Å². The molecule has 2 aromatic rings. The standard InChI is InChI=1S/C26H31ClN2/c1-20(24-10-5-7-21(17-24)19-29-15-3-2-4-16-29)28-14-13-23-9-6-8-22-11-12-25(27)18-26(22)23/h5,7,9-12,17-18,28H,1-4,6,8,13-16,19H2. The van der Waals surface area contributed by atoms with Gasteiger partial charge in [0.2, 0.25) is 0 Å². The van der Waals surface area contributed by atoms with Crippen molar-refractivity contribution in [3.05, 3.63) is 82.4 Å². The van der Waals surface area contributed by atoms with Crippen LogP contribution in [-0.2, 0) is 13.0 Å². The summed E-state index contributed by atoms with van der Waals surface area (Å²) in [5.41, 5.74) is 7.71. The Morgan fingerprint density at radius 1 is 1.07 bits per heavy atom. The molecule has 0 radical (unpaired) electrons. The highest BCUT2D eigenvalue weighted by atomic mass is 35.5. The molecular formula is C26H31ClN2. The highest BCUT2D eigenvalue weighted by molar-refractivity contribution is 6.30. The number of allylic oxidation sites excluding steroid dienone is 1. The minimum Gasteiger partial charge on any atom is -0.385 e. The number of rotatable bonds is 7. The summed E-state index contributed by atoms with van der Waals surface area (Å²) in [7, 11) is 0. The van der Waals surface area contributed by atoms with Gasteiger partial charge in [0.25, 0.3) is 0 Å². The molecule has 152 valence electrons. The molecule has 1 aliphatic carbocycles. The largest absolute Gasteiger partial charge is 0.385 e. The molecule has 1 aliphatic heterocycles. The molecule has 0 atom stereocenters. The molecule has 0 spiro atoms. The summed E-state index contributed by atoms with van der Waals surface area (Å²) in [6, 6.07) is 15.1. The van der Waals surface area contributed by atoms with Crippen LogP contribution in [0.5, 0.6) is 0 Å². The van der Waals surface area contributed by atoms with Gasteiger partial charge in [-0.1, -0.05) is 54.9 Å². The number of hydrogen-bond donors (Lipinski definition) is 1. The maximum absolute atomic E-state index is 6.23. The first kappa shape index (κ1) is 20.3. The first-order valence-corrected chi connectivity index (χ1v) is 11.3. The van der Waals surface area contributed by atoms with Crippen LogP contribution in [0.3, 0.4) is 0 Å². The molecule has 1 saturated heterocycles. The molecule has 0 saturated carbocycles. The minimum absolute atomic E-state index is 0.819. The Morgan fingerprint density at radius 3 is 2.79 bits per heavy atom. The second-order valence-electron chi connectivity index (χ2n) is 8.26. The van der Waals surface area contributed by atoms with Crippen LogP contribution >= 0.6 is 11.6 Å². The van der Waals surface area contributed by atoms with Crippen molar-refractivity contribution in [3.63, 3.8) is 0 Å². The maximum Gasteiger partial charge on any atom is 0.0412 e. The molecule has 2 nitrogen and oxygen atoms in total. The number of nitrogens with zero attached hydrogens (tertiary/aromatic N) is 1. The van der Waals surface area contributed by atoms with Crippen LogP contribution < -0.4 is 5.32 Å². The molecule has 4 rings (SSSR count). The summed E-state index contributed by atoms with van der Waals surface area (Å²) >= 11 is 6.23. The fourth-order valence-electron chi connectivity index (χ4n) is 4.50. The van der Waals surface area contributed by atoms with E-state index in [4.69, 9.17) is 11.6 Å². The Hall–Kier alpha value is -2.03. The van der Waals surface area contributed by atoms with Crippen molar-refractivity contribution < 1.29 is 0 Å². The fourth-order valence-corrected chi connectivity index (χ4v) is 4.67. The molecule has 29 heavy (non-hydrogen) atoms. The topological polar surface area (TPSA) is 15.3 Å². The van der Waals surface area contributed by atoms with Gasteiger partial charge in [0, 0.05) is 23.8 Å². The predicted molar refractivity (Wildman–Crippen MR) is 125 cm³/mol. The van der Waals surface area contributed by atoms with Crippen molar-refractivity contribution >= 4 is 22.9 Å². The summed E-state index contributed by atoms with van der Waals surface area (Å²) in [5.74, 6) is 0. The predicted octanol–water partition coefficient (Wildman–Crippen LogP) is 6.31. The lowest BCUT2D eigenvalue weighted by Crippen LogP contribution is -2.29. The average Bonchev–Trinajstić information content (AvgIpc) is 2.75. The molecule has 0 amide bonds. The summed E-state index contributed by atoms with van der Waals surface area (Å²) in [6.07, 6.45) is 9.62. The molecule has 3 heteroatoms. The molecule has 0 unspecified atom stereocenters. The Morgan fingerprint density at radius 2 is 1.93 bits per heavy atom. The Labute approximate surface area is 180 Å². The van der Waals surface area contributed by atoms with Gasteiger partial charge in [0.15, 0.2) is 0 Å². The molecule has 0 aromatic heterocycles. The number of likely N-dealkylation sites (tertiary alicyclic amines) is 1. The Bertz CT molecular complexity index is 893. The number of nitrogens with one attached hydrogen (secondary N) is 1. The number of halogens is 1. The van der Waals surface area contributed by atoms with Crippen molar-refractivity contribution in [2.75, 3.05) is 19.6 Å². The van der Waals surface area contributed by atoms with Gasteiger partial charge < -0.3 is 5.32 Å². The second kappa shape index (κ2) is 9.65. The maximum atomic E-state index is 6.23. The zero-order valence-corrected chi connectivity index (χ0v) is 18.0. The molecule has 1 N–H and O–H groups in total. The number of hydrogen-bond acceptors (Lipinski definition) is 2. The first-order chi connectivity index (χ1) is 14.2. The highest BCUT2D eigenvalue weighted by Crippen LogP contribution is 2.30. The summed E-state index contributed by atoms with van der Waals surface area (Å²) in [6.45, 7) is 8.67. The first-order valence-electron chi connectivity index (χ1n) is 10.9. The third kappa shape index (κ3) is 5.32. The van der Waals surface area contributed by atoms with Gasteiger partial charge in [-0.05, 0) is 91.2 Å². The lowest BCUT2D eigenvalue weighted by atomic mass is 9.89. The van der Waals surface area contributed by atoms with E-state index in [9.17, 15) is 0 Å². The van der Waals surface area contributed by atoms with Crippen molar-refractivity contribution in [2.45, 2.75) is 45.1 Å². The lowest BCUT2D eigenvalue weighted by Gasteiger charge is -2.26. The van der Waals surface area contributed by atoms with Crippen LogP contribution in [0.25, 0.3) is 11.3 Å². The van der Waals surface area contributed by atoms with E-state index >= 15 is 0 Å². The van der Waals surface area contributed by atoms with Gasteiger partial charge in [-0.3, -0.25) is 4.90 Å². The highest BCUT2D eigenvalue weighted by Gasteiger charge is 2.13. The van der Waals surface area contributed by atoms with Crippen molar-refractivity contribution in [1.82, 2.24) is 10.2 Å². The molecule has 1 fully saturated rings. The summed E-state index contributed by atoms with van der Waals surface area (Å²) < 4.78 is 0. The average molecular weight is 407 g/mol.